The molecule has 1 amide bonds. The molecule has 4 N–H and O–H groups in total. The maximum atomic E-state index is 14.5. The van der Waals surface area contributed by atoms with Gasteiger partial charge in [-0.15, -0.1) is 0 Å². The number of ether oxygens (including phenoxy) is 4. The van der Waals surface area contributed by atoms with E-state index in [-0.39, 0.29) is 43.6 Å². The number of aliphatic hydroxyl groups is 2. The first-order valence-electron chi connectivity index (χ1n) is 12.0. The molecule has 0 aliphatic carbocycles. The van der Waals surface area contributed by atoms with Crippen LogP contribution in [0.4, 0.5) is 28.0 Å². The number of anilines is 1. The first kappa shape index (κ1) is 30.2. The van der Waals surface area contributed by atoms with Crippen LogP contribution in [0.1, 0.15) is 26.5 Å². The number of nitrogens with one attached hydrogen (secondary N) is 2. The van der Waals surface area contributed by atoms with E-state index in [4.69, 9.17) is 18.9 Å². The van der Waals surface area contributed by atoms with Crippen molar-refractivity contribution in [2.24, 2.45) is 0 Å². The van der Waals surface area contributed by atoms with Crippen molar-refractivity contribution < 1.29 is 51.5 Å². The number of amides is 1. The molecule has 0 saturated carbocycles. The van der Waals surface area contributed by atoms with Crippen LogP contribution in [-0.2, 0) is 15.7 Å². The summed E-state index contributed by atoms with van der Waals surface area (Å²) in [7, 11) is 0. The number of hydrogen-bond acceptors (Lipinski definition) is 9. The second kappa shape index (κ2) is 12.7. The van der Waals surface area contributed by atoms with Gasteiger partial charge in [0.1, 0.15) is 47.8 Å². The third-order valence-electron chi connectivity index (χ3n) is 5.34. The molecule has 2 heterocycles. The van der Waals surface area contributed by atoms with Crippen molar-refractivity contribution in [3.63, 3.8) is 0 Å². The average Bonchev–Trinajstić information content (AvgIpc) is 2.84. The van der Waals surface area contributed by atoms with Crippen LogP contribution < -0.4 is 20.1 Å². The van der Waals surface area contributed by atoms with Gasteiger partial charge in [0, 0.05) is 25.2 Å². The predicted molar refractivity (Wildman–Crippen MR) is 130 cm³/mol. The topological polar surface area (TPSA) is 131 Å². The Kier molecular flexibility index (Phi) is 9.80. The number of alkyl halides is 3. The van der Waals surface area contributed by atoms with Gasteiger partial charge >= 0.3 is 12.3 Å². The molecule has 1 aliphatic rings. The summed E-state index contributed by atoms with van der Waals surface area (Å²) in [5.41, 5.74) is -1.62. The summed E-state index contributed by atoms with van der Waals surface area (Å²) in [5, 5.41) is 26.2. The highest BCUT2D eigenvalue weighted by molar-refractivity contribution is 5.67. The Morgan fingerprint density at radius 3 is 2.54 bits per heavy atom. The van der Waals surface area contributed by atoms with E-state index in [9.17, 15) is 32.6 Å². The summed E-state index contributed by atoms with van der Waals surface area (Å²) in [6, 6.07) is 7.09. The van der Waals surface area contributed by atoms with Crippen LogP contribution in [0.5, 0.6) is 11.6 Å². The number of carbonyl (C=O) groups is 1. The number of benzene rings is 1. The van der Waals surface area contributed by atoms with Gasteiger partial charge in [0.25, 0.3) is 0 Å². The van der Waals surface area contributed by atoms with Crippen LogP contribution in [0.25, 0.3) is 0 Å². The molecule has 3 rings (SSSR count). The summed E-state index contributed by atoms with van der Waals surface area (Å²) in [6.07, 6.45) is -10.5. The van der Waals surface area contributed by atoms with E-state index in [1.54, 1.807) is 20.8 Å². The van der Waals surface area contributed by atoms with E-state index in [0.29, 0.717) is 0 Å². The average molecular weight is 562 g/mol. The Balaban J connectivity index is 1.45. The van der Waals surface area contributed by atoms with E-state index in [2.05, 4.69) is 15.6 Å². The normalized spacial score (nSPS) is 21.7. The van der Waals surface area contributed by atoms with Gasteiger partial charge in [-0.2, -0.15) is 13.2 Å². The van der Waals surface area contributed by atoms with Crippen LogP contribution >= 0.6 is 0 Å². The van der Waals surface area contributed by atoms with Crippen molar-refractivity contribution in [3.8, 4) is 11.6 Å². The predicted octanol–water partition coefficient (Wildman–Crippen LogP) is 3.12. The molecule has 0 bridgehead atoms. The molecule has 4 atom stereocenters. The van der Waals surface area contributed by atoms with Crippen molar-refractivity contribution in [1.29, 1.82) is 0 Å². The molecule has 1 aromatic heterocycles. The van der Waals surface area contributed by atoms with Crippen molar-refractivity contribution in [2.75, 3.05) is 31.6 Å². The summed E-state index contributed by atoms with van der Waals surface area (Å²) in [6.45, 7) is 5.12. The maximum Gasteiger partial charge on any atom is 0.433 e. The SMILES string of the molecule is CC(C)(C)OC(=O)NCCNc1ccc(OC[C@H]2OC[C@H](Oc3cccc(C(F)(F)F)n3)[C@@H](O)[C@H]2O)cc1F. The third-order valence-corrected chi connectivity index (χ3v) is 5.34. The number of aromatic nitrogens is 1. The van der Waals surface area contributed by atoms with Crippen molar-refractivity contribution in [1.82, 2.24) is 10.3 Å². The molecular formula is C25H31F4N3O7. The summed E-state index contributed by atoms with van der Waals surface area (Å²) in [5.74, 6) is -0.886. The van der Waals surface area contributed by atoms with Gasteiger partial charge in [0.15, 0.2) is 6.10 Å². The smallest absolute Gasteiger partial charge is 0.433 e. The third kappa shape index (κ3) is 9.11. The molecule has 0 unspecified atom stereocenters. The fourth-order valence-electron chi connectivity index (χ4n) is 3.48. The van der Waals surface area contributed by atoms with Crippen LogP contribution in [0.3, 0.4) is 0 Å². The Morgan fingerprint density at radius 1 is 1.13 bits per heavy atom. The van der Waals surface area contributed by atoms with Crippen molar-refractivity contribution in [2.45, 2.75) is 57.0 Å². The van der Waals surface area contributed by atoms with E-state index in [0.717, 1.165) is 18.2 Å². The zero-order valence-electron chi connectivity index (χ0n) is 21.5. The fraction of sp³-hybridized carbons (Fsp3) is 0.520. The number of rotatable bonds is 9. The molecule has 2 aromatic rings. The second-order valence-corrected chi connectivity index (χ2v) is 9.68. The molecule has 14 heteroatoms. The summed E-state index contributed by atoms with van der Waals surface area (Å²) < 4.78 is 74.4. The van der Waals surface area contributed by atoms with Gasteiger partial charge in [-0.05, 0) is 39.0 Å². The molecule has 0 radical (unpaired) electrons. The second-order valence-electron chi connectivity index (χ2n) is 9.68. The Hall–Kier alpha value is -3.36. The molecule has 39 heavy (non-hydrogen) atoms. The highest BCUT2D eigenvalue weighted by Crippen LogP contribution is 2.29. The summed E-state index contributed by atoms with van der Waals surface area (Å²) >= 11 is 0. The number of aliphatic hydroxyl groups excluding tert-OH is 2. The largest absolute Gasteiger partial charge is 0.491 e. The number of hydrogen-bond donors (Lipinski definition) is 4. The molecule has 1 saturated heterocycles. The minimum atomic E-state index is -4.67. The van der Waals surface area contributed by atoms with Crippen LogP contribution in [0.15, 0.2) is 36.4 Å². The van der Waals surface area contributed by atoms with Crippen molar-refractivity contribution >= 4 is 11.8 Å². The molecule has 10 nitrogen and oxygen atoms in total. The van der Waals surface area contributed by atoms with E-state index < -0.39 is 53.8 Å². The monoisotopic (exact) mass is 561 g/mol. The number of pyridine rings is 1. The number of carbonyl (C=O) groups excluding carboxylic acids is 1. The van der Waals surface area contributed by atoms with Crippen LogP contribution in [0, 0.1) is 5.82 Å². The van der Waals surface area contributed by atoms with E-state index in [1.165, 1.54) is 18.2 Å². The zero-order valence-corrected chi connectivity index (χ0v) is 21.5. The zero-order chi connectivity index (χ0) is 28.8. The molecule has 216 valence electrons. The fourth-order valence-corrected chi connectivity index (χ4v) is 3.48. The highest BCUT2D eigenvalue weighted by Gasteiger charge is 2.41. The molecule has 1 fully saturated rings. The Morgan fingerprint density at radius 2 is 1.87 bits per heavy atom. The highest BCUT2D eigenvalue weighted by atomic mass is 19.4. The molecule has 1 aromatic carbocycles. The van der Waals surface area contributed by atoms with E-state index in [1.807, 2.05) is 0 Å². The van der Waals surface area contributed by atoms with Gasteiger partial charge in [0.2, 0.25) is 5.88 Å². The molecular weight excluding hydrogens is 530 g/mol. The van der Waals surface area contributed by atoms with Gasteiger partial charge in [-0.1, -0.05) is 6.07 Å². The van der Waals surface area contributed by atoms with Gasteiger partial charge in [-0.25, -0.2) is 14.2 Å². The van der Waals surface area contributed by atoms with E-state index >= 15 is 0 Å². The summed E-state index contributed by atoms with van der Waals surface area (Å²) in [4.78, 5) is 15.0. The minimum absolute atomic E-state index is 0.127. The lowest BCUT2D eigenvalue weighted by atomic mass is 10.0. The minimum Gasteiger partial charge on any atom is -0.491 e. The molecule has 0 spiro atoms. The Bertz CT molecular complexity index is 1110. The number of nitrogens with zero attached hydrogens (tertiary/aromatic N) is 1. The first-order chi connectivity index (χ1) is 18.2. The standard InChI is InChI=1S/C25H31F4N3O7/c1-24(2,3)39-23(35)31-10-9-30-16-8-7-14(11-15(16)26)36-12-17-21(33)22(34)18(13-37-17)38-20-6-4-5-19(32-20)25(27,28)29/h4-8,11,17-18,21-22,30,33-34H,9-10,12-13H2,1-3H3,(H,31,35)/t17-,18+,21+,22-/m1/s1. The number of halogens is 4. The van der Waals surface area contributed by atoms with Gasteiger partial charge in [0.05, 0.1) is 12.3 Å². The maximum absolute atomic E-state index is 14.5. The lowest BCUT2D eigenvalue weighted by Gasteiger charge is -2.37. The van der Waals surface area contributed by atoms with Crippen LogP contribution in [-0.4, -0.2) is 77.6 Å². The van der Waals surface area contributed by atoms with Gasteiger partial charge < -0.3 is 39.8 Å². The Labute approximate surface area is 222 Å². The molecule has 1 aliphatic heterocycles. The quantitative estimate of drug-likeness (QED) is 0.269. The van der Waals surface area contributed by atoms with Gasteiger partial charge in [-0.3, -0.25) is 0 Å². The first-order valence-corrected chi connectivity index (χ1v) is 12.0. The lowest BCUT2D eigenvalue weighted by Crippen LogP contribution is -2.56. The van der Waals surface area contributed by atoms with Crippen molar-refractivity contribution in [3.05, 3.63) is 47.9 Å². The van der Waals surface area contributed by atoms with Crippen LogP contribution in [0.2, 0.25) is 0 Å². The lowest BCUT2D eigenvalue weighted by molar-refractivity contribution is -0.187. The number of alkyl carbamates (subject to hydrolysis) is 1.